The average molecular weight is 393 g/mol. The molecule has 2 aromatic carbocycles. The number of hydrogen-bond donors (Lipinski definition) is 2. The Balaban J connectivity index is 2.52. The third kappa shape index (κ3) is 6.00. The van der Waals surface area contributed by atoms with E-state index in [1.54, 1.807) is 13.1 Å². The molecule has 2 aromatic rings. The quantitative estimate of drug-likeness (QED) is 0.672. The first kappa shape index (κ1) is 20.2. The summed E-state index contributed by atoms with van der Waals surface area (Å²) in [6, 6.07) is 20.1. The van der Waals surface area contributed by atoms with Gasteiger partial charge in [-0.05, 0) is 36.6 Å². The van der Waals surface area contributed by atoms with Crippen molar-refractivity contribution in [2.75, 3.05) is 12.5 Å². The van der Waals surface area contributed by atoms with E-state index in [2.05, 4.69) is 24.3 Å². The van der Waals surface area contributed by atoms with Crippen LogP contribution in [-0.2, 0) is 8.85 Å². The van der Waals surface area contributed by atoms with Gasteiger partial charge in [0.25, 0.3) is 8.32 Å². The van der Waals surface area contributed by atoms with Gasteiger partial charge in [0.2, 0.25) is 8.32 Å². The second kappa shape index (κ2) is 8.09. The Bertz CT molecular complexity index is 592. The summed E-state index contributed by atoms with van der Waals surface area (Å²) in [5, 5.41) is 2.16. The zero-order valence-corrected chi connectivity index (χ0v) is 18.4. The Kier molecular flexibility index (Phi) is 6.55. The molecular formula is C18H28O4Si3. The lowest BCUT2D eigenvalue weighted by molar-refractivity contribution is 0.254. The highest BCUT2D eigenvalue weighted by Gasteiger charge is 2.43. The summed E-state index contributed by atoms with van der Waals surface area (Å²) in [6.45, 7) is 7.25. The molecule has 0 aromatic heterocycles. The molecule has 2 N–H and O–H groups in total. The van der Waals surface area contributed by atoms with Crippen LogP contribution in [0.5, 0.6) is 0 Å². The summed E-state index contributed by atoms with van der Waals surface area (Å²) in [7, 11) is -7.85. The van der Waals surface area contributed by atoms with Crippen LogP contribution in [0.4, 0.5) is 0 Å². The molecule has 7 heteroatoms. The lowest BCUT2D eigenvalue weighted by Gasteiger charge is -2.35. The topological polar surface area (TPSA) is 58.9 Å². The third-order valence-electron chi connectivity index (χ3n) is 3.78. The van der Waals surface area contributed by atoms with Crippen LogP contribution in [0, 0.1) is 0 Å². The smallest absolute Gasteiger partial charge is 0.328 e. The molecule has 0 bridgehead atoms. The van der Waals surface area contributed by atoms with Crippen LogP contribution in [0.1, 0.15) is 0 Å². The Morgan fingerprint density at radius 1 is 0.680 bits per heavy atom. The Morgan fingerprint density at radius 3 is 1.48 bits per heavy atom. The Labute approximate surface area is 153 Å². The summed E-state index contributed by atoms with van der Waals surface area (Å²) >= 11 is 0. The monoisotopic (exact) mass is 392 g/mol. The minimum Gasteiger partial charge on any atom is -0.430 e. The van der Waals surface area contributed by atoms with Crippen molar-refractivity contribution in [2.24, 2.45) is 0 Å². The highest BCUT2D eigenvalue weighted by Crippen LogP contribution is 2.14. The van der Waals surface area contributed by atoms with E-state index in [1.807, 2.05) is 49.5 Å². The zero-order valence-electron chi connectivity index (χ0n) is 15.4. The fourth-order valence-corrected chi connectivity index (χ4v) is 9.70. The minimum atomic E-state index is -2.74. The highest BCUT2D eigenvalue weighted by atomic mass is 28.4. The van der Waals surface area contributed by atoms with Crippen molar-refractivity contribution in [3.63, 3.8) is 0 Å². The first-order valence-electron chi connectivity index (χ1n) is 8.46. The van der Waals surface area contributed by atoms with E-state index >= 15 is 0 Å². The van der Waals surface area contributed by atoms with Crippen LogP contribution in [0.3, 0.4) is 0 Å². The van der Waals surface area contributed by atoms with Crippen molar-refractivity contribution < 1.29 is 18.4 Å². The molecule has 0 fully saturated rings. The summed E-state index contributed by atoms with van der Waals surface area (Å²) in [5.41, 5.74) is 0. The SMILES string of the molecule is C[Si](C)(O)CO[Si](CO[Si](C)(C)O)(c1ccccc1)c1ccccc1. The molecule has 136 valence electrons. The van der Waals surface area contributed by atoms with Gasteiger partial charge in [-0.2, -0.15) is 0 Å². The molecule has 0 radical (unpaired) electrons. The molecule has 0 saturated heterocycles. The standard InChI is InChI=1S/C18H28O4Si3/c1-23(2,19)15-22-25(16-21-24(3,4)20,17-11-7-5-8-12-17)18-13-9-6-10-14-18/h5-14,19-20H,15-16H2,1-4H3. The fourth-order valence-electron chi connectivity index (χ4n) is 2.53. The van der Waals surface area contributed by atoms with Gasteiger partial charge in [0.1, 0.15) is 0 Å². The molecule has 0 unspecified atom stereocenters. The van der Waals surface area contributed by atoms with E-state index in [4.69, 9.17) is 8.85 Å². The molecule has 0 atom stereocenters. The van der Waals surface area contributed by atoms with Crippen LogP contribution < -0.4 is 10.4 Å². The van der Waals surface area contributed by atoms with Crippen LogP contribution >= 0.6 is 0 Å². The van der Waals surface area contributed by atoms with Crippen molar-refractivity contribution in [3.05, 3.63) is 60.7 Å². The van der Waals surface area contributed by atoms with E-state index in [1.165, 1.54) is 0 Å². The van der Waals surface area contributed by atoms with Gasteiger partial charge in [0.05, 0.1) is 12.5 Å². The molecule has 4 nitrogen and oxygen atoms in total. The van der Waals surface area contributed by atoms with Gasteiger partial charge >= 0.3 is 8.56 Å². The largest absolute Gasteiger partial charge is 0.430 e. The van der Waals surface area contributed by atoms with Gasteiger partial charge in [-0.15, -0.1) is 0 Å². The van der Waals surface area contributed by atoms with Crippen LogP contribution in [-0.4, -0.2) is 47.2 Å². The predicted octanol–water partition coefficient (Wildman–Crippen LogP) is 1.75. The highest BCUT2D eigenvalue weighted by molar-refractivity contribution is 6.98. The molecule has 0 saturated carbocycles. The number of hydrogen-bond acceptors (Lipinski definition) is 4. The van der Waals surface area contributed by atoms with Gasteiger partial charge in [0, 0.05) is 0 Å². The lowest BCUT2D eigenvalue weighted by atomic mass is 10.4. The number of benzene rings is 2. The third-order valence-corrected chi connectivity index (χ3v) is 9.78. The van der Waals surface area contributed by atoms with E-state index in [0.717, 1.165) is 10.4 Å². The van der Waals surface area contributed by atoms with Gasteiger partial charge < -0.3 is 18.4 Å². The van der Waals surface area contributed by atoms with Crippen LogP contribution in [0.2, 0.25) is 26.2 Å². The molecule has 0 aliphatic heterocycles. The maximum atomic E-state index is 10.4. The molecular weight excluding hydrogens is 364 g/mol. The summed E-state index contributed by atoms with van der Waals surface area (Å²) < 4.78 is 12.4. The number of rotatable bonds is 8. The molecule has 25 heavy (non-hydrogen) atoms. The molecule has 0 aliphatic rings. The summed E-state index contributed by atoms with van der Waals surface area (Å²) in [5.74, 6) is 0. The molecule has 0 amide bonds. The normalized spacial score (nSPS) is 13.0. The Morgan fingerprint density at radius 2 is 1.12 bits per heavy atom. The van der Waals surface area contributed by atoms with Crippen molar-refractivity contribution in [1.29, 1.82) is 0 Å². The van der Waals surface area contributed by atoms with Crippen molar-refractivity contribution in [2.45, 2.75) is 26.2 Å². The fraction of sp³-hybridized carbons (Fsp3) is 0.333. The first-order valence-corrected chi connectivity index (χ1v) is 16.6. The van der Waals surface area contributed by atoms with Crippen molar-refractivity contribution in [1.82, 2.24) is 0 Å². The van der Waals surface area contributed by atoms with Gasteiger partial charge in [-0.25, -0.2) is 0 Å². The van der Waals surface area contributed by atoms with E-state index in [-0.39, 0.29) is 0 Å². The maximum Gasteiger partial charge on any atom is 0.328 e. The summed E-state index contributed by atoms with van der Waals surface area (Å²) in [4.78, 5) is 20.6. The molecule has 0 aliphatic carbocycles. The van der Waals surface area contributed by atoms with Crippen molar-refractivity contribution in [3.8, 4) is 0 Å². The zero-order chi connectivity index (χ0) is 18.6. The van der Waals surface area contributed by atoms with Gasteiger partial charge in [-0.3, -0.25) is 0 Å². The Hall–Kier alpha value is -1.07. The van der Waals surface area contributed by atoms with E-state index in [0.29, 0.717) is 12.5 Å². The van der Waals surface area contributed by atoms with Gasteiger partial charge in [-0.1, -0.05) is 60.7 Å². The van der Waals surface area contributed by atoms with E-state index in [9.17, 15) is 9.59 Å². The van der Waals surface area contributed by atoms with Crippen LogP contribution in [0.25, 0.3) is 0 Å². The maximum absolute atomic E-state index is 10.4. The van der Waals surface area contributed by atoms with E-state index < -0.39 is 25.2 Å². The summed E-state index contributed by atoms with van der Waals surface area (Å²) in [6.07, 6.45) is 0.668. The molecule has 0 spiro atoms. The average Bonchev–Trinajstić information content (AvgIpc) is 2.55. The van der Waals surface area contributed by atoms with Crippen LogP contribution in [0.15, 0.2) is 60.7 Å². The first-order chi connectivity index (χ1) is 11.6. The second-order valence-corrected chi connectivity index (χ2v) is 17.9. The predicted molar refractivity (Wildman–Crippen MR) is 109 cm³/mol. The van der Waals surface area contributed by atoms with Gasteiger partial charge in [0.15, 0.2) is 0 Å². The second-order valence-electron chi connectivity index (χ2n) is 7.40. The lowest BCUT2D eigenvalue weighted by Crippen LogP contribution is -2.67. The molecule has 0 heterocycles. The van der Waals surface area contributed by atoms with Crippen molar-refractivity contribution >= 4 is 35.6 Å². The minimum absolute atomic E-state index is 0.333. The molecule has 2 rings (SSSR count).